The molecule has 0 aliphatic carbocycles. The lowest BCUT2D eigenvalue weighted by Gasteiger charge is -2.09. The van der Waals surface area contributed by atoms with Gasteiger partial charge in [-0.25, -0.2) is 4.68 Å². The summed E-state index contributed by atoms with van der Waals surface area (Å²) in [4.78, 5) is 0. The van der Waals surface area contributed by atoms with Crippen molar-refractivity contribution < 1.29 is 13.9 Å². The largest absolute Gasteiger partial charge is 0.493 e. The van der Waals surface area contributed by atoms with Crippen molar-refractivity contribution >= 4 is 6.21 Å². The Labute approximate surface area is 180 Å². The quantitative estimate of drug-likeness (QED) is 0.336. The summed E-state index contributed by atoms with van der Waals surface area (Å²) in [5, 5.41) is 9.11. The fourth-order valence-corrected chi connectivity index (χ4v) is 3.19. The Morgan fingerprint density at radius 2 is 1.84 bits per heavy atom. The molecule has 0 radical (unpaired) electrons. The van der Waals surface area contributed by atoms with Crippen molar-refractivity contribution in [1.82, 2.24) is 15.2 Å². The molecule has 0 bridgehead atoms. The maximum Gasteiger partial charge on any atom is 0.161 e. The van der Waals surface area contributed by atoms with Crippen LogP contribution in [-0.4, -0.2) is 30.2 Å². The monoisotopic (exact) mass is 416 g/mol. The highest BCUT2D eigenvalue weighted by atomic mass is 16.5. The Bertz CT molecular complexity index is 1180. The molecular formula is C24H24N4O3. The van der Waals surface area contributed by atoms with Gasteiger partial charge < -0.3 is 19.3 Å². The lowest BCUT2D eigenvalue weighted by molar-refractivity contribution is 0.354. The zero-order valence-electron chi connectivity index (χ0n) is 17.7. The van der Waals surface area contributed by atoms with Crippen LogP contribution in [-0.2, 0) is 6.54 Å². The molecular weight excluding hydrogens is 392 g/mol. The Morgan fingerprint density at radius 3 is 2.55 bits per heavy atom. The van der Waals surface area contributed by atoms with E-state index in [0.717, 1.165) is 28.3 Å². The van der Waals surface area contributed by atoms with Crippen LogP contribution < -0.4 is 14.9 Å². The van der Waals surface area contributed by atoms with Crippen LogP contribution >= 0.6 is 0 Å². The molecule has 1 N–H and O–H groups in total. The van der Waals surface area contributed by atoms with Gasteiger partial charge in [0, 0.05) is 11.8 Å². The number of hydrogen-bond donors (Lipinski definition) is 1. The Morgan fingerprint density at radius 1 is 1.03 bits per heavy atom. The van der Waals surface area contributed by atoms with E-state index in [1.807, 2.05) is 78.5 Å². The Balaban J connectivity index is 1.54. The van der Waals surface area contributed by atoms with Gasteiger partial charge in [0.2, 0.25) is 0 Å². The van der Waals surface area contributed by atoms with E-state index in [1.165, 1.54) is 0 Å². The van der Waals surface area contributed by atoms with E-state index in [0.29, 0.717) is 23.8 Å². The predicted octanol–water partition coefficient (Wildman–Crippen LogP) is 4.58. The van der Waals surface area contributed by atoms with Gasteiger partial charge in [-0.05, 0) is 48.9 Å². The van der Waals surface area contributed by atoms with Crippen molar-refractivity contribution in [2.24, 2.45) is 5.10 Å². The number of aryl methyl sites for hydroxylation is 1. The number of para-hydroxylation sites is 1. The fraction of sp³-hybridized carbons (Fsp3) is 0.167. The predicted molar refractivity (Wildman–Crippen MR) is 120 cm³/mol. The number of ether oxygens (including phenoxy) is 2. The molecule has 2 heterocycles. The highest BCUT2D eigenvalue weighted by Crippen LogP contribution is 2.27. The van der Waals surface area contributed by atoms with Gasteiger partial charge in [-0.3, -0.25) is 0 Å². The van der Waals surface area contributed by atoms with Crippen LogP contribution in [0.3, 0.4) is 0 Å². The van der Waals surface area contributed by atoms with E-state index in [9.17, 15) is 0 Å². The van der Waals surface area contributed by atoms with Crippen molar-refractivity contribution in [3.63, 3.8) is 0 Å². The molecule has 2 aromatic heterocycles. The molecule has 4 aromatic rings. The summed E-state index contributed by atoms with van der Waals surface area (Å²) in [5.74, 6) is 2.92. The smallest absolute Gasteiger partial charge is 0.161 e. The number of nitrogens with one attached hydrogen (secondary N) is 1. The van der Waals surface area contributed by atoms with Crippen molar-refractivity contribution in [2.45, 2.75) is 13.5 Å². The lowest BCUT2D eigenvalue weighted by atomic mass is 10.2. The number of aromatic nitrogens is 2. The average molecular weight is 416 g/mol. The highest BCUT2D eigenvalue weighted by Gasteiger charge is 2.14. The van der Waals surface area contributed by atoms with Gasteiger partial charge in [-0.2, -0.15) is 10.2 Å². The first-order valence-electron chi connectivity index (χ1n) is 9.86. The molecule has 0 spiro atoms. The van der Waals surface area contributed by atoms with Gasteiger partial charge in [0.15, 0.2) is 17.3 Å². The first-order valence-corrected chi connectivity index (χ1v) is 9.86. The SMILES string of the molecule is COc1ccc(CN/N=C\c2cn(-c3ccccc3)nc2-c2ccc(C)o2)cc1OC. The third kappa shape index (κ3) is 4.61. The normalized spacial score (nSPS) is 11.1. The second-order valence-corrected chi connectivity index (χ2v) is 6.91. The summed E-state index contributed by atoms with van der Waals surface area (Å²) in [5.41, 5.74) is 6.64. The molecule has 7 heteroatoms. The van der Waals surface area contributed by atoms with E-state index in [-0.39, 0.29) is 0 Å². The number of hydrogen-bond acceptors (Lipinski definition) is 6. The average Bonchev–Trinajstić information content (AvgIpc) is 3.43. The topological polar surface area (TPSA) is 73.8 Å². The Hall–Kier alpha value is -4.00. The molecule has 0 fully saturated rings. The third-order valence-corrected chi connectivity index (χ3v) is 4.76. The van der Waals surface area contributed by atoms with E-state index in [4.69, 9.17) is 19.0 Å². The van der Waals surface area contributed by atoms with Gasteiger partial charge in [-0.1, -0.05) is 24.3 Å². The minimum absolute atomic E-state index is 0.541. The van der Waals surface area contributed by atoms with Crippen LogP contribution in [0.25, 0.3) is 17.1 Å². The minimum Gasteiger partial charge on any atom is -0.493 e. The van der Waals surface area contributed by atoms with Crippen molar-refractivity contribution in [3.8, 4) is 28.6 Å². The number of nitrogens with zero attached hydrogens (tertiary/aromatic N) is 3. The number of methoxy groups -OCH3 is 2. The van der Waals surface area contributed by atoms with E-state index in [1.54, 1.807) is 20.4 Å². The van der Waals surface area contributed by atoms with Gasteiger partial charge >= 0.3 is 0 Å². The van der Waals surface area contributed by atoms with Gasteiger partial charge in [0.05, 0.1) is 32.7 Å². The zero-order valence-corrected chi connectivity index (χ0v) is 17.7. The van der Waals surface area contributed by atoms with Crippen LogP contribution in [0.2, 0.25) is 0 Å². The summed E-state index contributed by atoms with van der Waals surface area (Å²) in [6.07, 6.45) is 3.69. The molecule has 0 atom stereocenters. The third-order valence-electron chi connectivity index (χ3n) is 4.76. The second kappa shape index (κ2) is 9.21. The van der Waals surface area contributed by atoms with Crippen molar-refractivity contribution in [3.05, 3.63) is 83.7 Å². The van der Waals surface area contributed by atoms with Crippen LogP contribution in [0, 0.1) is 6.92 Å². The maximum atomic E-state index is 5.80. The lowest BCUT2D eigenvalue weighted by Crippen LogP contribution is -2.06. The van der Waals surface area contributed by atoms with E-state index in [2.05, 4.69) is 10.5 Å². The summed E-state index contributed by atoms with van der Waals surface area (Å²) < 4.78 is 18.2. The molecule has 0 amide bonds. The molecule has 7 nitrogen and oxygen atoms in total. The summed E-state index contributed by atoms with van der Waals surface area (Å²) >= 11 is 0. The molecule has 2 aromatic carbocycles. The van der Waals surface area contributed by atoms with Crippen molar-refractivity contribution in [1.29, 1.82) is 0 Å². The molecule has 31 heavy (non-hydrogen) atoms. The molecule has 0 saturated heterocycles. The van der Waals surface area contributed by atoms with E-state index < -0.39 is 0 Å². The summed E-state index contributed by atoms with van der Waals surface area (Å²) in [6, 6.07) is 19.5. The molecule has 0 saturated carbocycles. The number of benzene rings is 2. The standard InChI is InChI=1S/C24H24N4O3/c1-17-9-11-22(31-17)24-19(16-28(27-24)20-7-5-4-6-8-20)15-26-25-14-18-10-12-21(29-2)23(13-18)30-3/h4-13,15-16,25H,14H2,1-3H3/b26-15-. The first kappa shape index (κ1) is 20.3. The zero-order chi connectivity index (χ0) is 21.6. The van der Waals surface area contributed by atoms with Crippen LogP contribution in [0.15, 0.2) is 76.4 Å². The van der Waals surface area contributed by atoms with Gasteiger partial charge in [0.1, 0.15) is 11.5 Å². The first-order chi connectivity index (χ1) is 15.2. The van der Waals surface area contributed by atoms with Gasteiger partial charge in [0.25, 0.3) is 0 Å². The number of furan rings is 1. The maximum absolute atomic E-state index is 5.80. The van der Waals surface area contributed by atoms with E-state index >= 15 is 0 Å². The minimum atomic E-state index is 0.541. The van der Waals surface area contributed by atoms with Gasteiger partial charge in [-0.15, -0.1) is 0 Å². The van der Waals surface area contributed by atoms with Crippen molar-refractivity contribution in [2.75, 3.05) is 14.2 Å². The number of hydrazone groups is 1. The second-order valence-electron chi connectivity index (χ2n) is 6.91. The molecule has 0 aliphatic heterocycles. The molecule has 0 unspecified atom stereocenters. The van der Waals surface area contributed by atoms with Crippen LogP contribution in [0.5, 0.6) is 11.5 Å². The van der Waals surface area contributed by atoms with Crippen LogP contribution in [0.4, 0.5) is 0 Å². The number of rotatable bonds is 8. The molecule has 158 valence electrons. The fourth-order valence-electron chi connectivity index (χ4n) is 3.19. The molecule has 4 rings (SSSR count). The Kier molecular flexibility index (Phi) is 6.03. The summed E-state index contributed by atoms with van der Waals surface area (Å²) in [7, 11) is 3.24. The molecule has 0 aliphatic rings. The summed E-state index contributed by atoms with van der Waals surface area (Å²) in [6.45, 7) is 2.45. The highest BCUT2D eigenvalue weighted by molar-refractivity contribution is 5.87. The van der Waals surface area contributed by atoms with Crippen LogP contribution in [0.1, 0.15) is 16.9 Å².